The third kappa shape index (κ3) is 5.26. The first-order chi connectivity index (χ1) is 18.0. The molecule has 0 aromatic heterocycles. The van der Waals surface area contributed by atoms with Crippen molar-refractivity contribution in [3.05, 3.63) is 81.2 Å². The van der Waals surface area contributed by atoms with Crippen molar-refractivity contribution in [2.24, 2.45) is 10.8 Å². The SMILES string of the molecule is CCOc1cc(C2C3=C(CC(C)(C)CC3=O)NC3=C2C(=O)CC(C)(C)C3)ccc1OCc1cccc(Cl)c1. The Kier molecular flexibility index (Phi) is 6.93. The predicted molar refractivity (Wildman–Crippen MR) is 149 cm³/mol. The molecule has 0 spiro atoms. The van der Waals surface area contributed by atoms with Gasteiger partial charge in [0.2, 0.25) is 0 Å². The van der Waals surface area contributed by atoms with Crippen LogP contribution in [0.25, 0.3) is 0 Å². The Morgan fingerprint density at radius 1 is 0.842 bits per heavy atom. The monoisotopic (exact) mass is 533 g/mol. The van der Waals surface area contributed by atoms with Crippen molar-refractivity contribution in [2.75, 3.05) is 6.61 Å². The van der Waals surface area contributed by atoms with Crippen LogP contribution in [0.3, 0.4) is 0 Å². The zero-order valence-electron chi connectivity index (χ0n) is 22.9. The van der Waals surface area contributed by atoms with Gasteiger partial charge in [0.1, 0.15) is 6.61 Å². The van der Waals surface area contributed by atoms with Crippen LogP contribution in [0.2, 0.25) is 5.02 Å². The van der Waals surface area contributed by atoms with Gasteiger partial charge >= 0.3 is 0 Å². The van der Waals surface area contributed by atoms with Crippen molar-refractivity contribution in [2.45, 2.75) is 72.8 Å². The van der Waals surface area contributed by atoms with E-state index >= 15 is 0 Å². The summed E-state index contributed by atoms with van der Waals surface area (Å²) in [4.78, 5) is 27.2. The summed E-state index contributed by atoms with van der Waals surface area (Å²) in [5.41, 5.74) is 4.95. The Morgan fingerprint density at radius 3 is 2.05 bits per heavy atom. The fraction of sp³-hybridized carbons (Fsp3) is 0.438. The summed E-state index contributed by atoms with van der Waals surface area (Å²) in [6.45, 7) is 11.3. The molecule has 3 aliphatic rings. The molecular weight excluding hydrogens is 498 g/mol. The first kappa shape index (κ1) is 26.6. The van der Waals surface area contributed by atoms with Crippen LogP contribution in [0.5, 0.6) is 11.5 Å². The maximum atomic E-state index is 13.6. The molecule has 38 heavy (non-hydrogen) atoms. The van der Waals surface area contributed by atoms with Crippen molar-refractivity contribution < 1.29 is 19.1 Å². The molecule has 1 aliphatic heterocycles. The number of nitrogens with one attached hydrogen (secondary N) is 1. The maximum absolute atomic E-state index is 13.6. The highest BCUT2D eigenvalue weighted by Gasteiger charge is 2.46. The average molecular weight is 534 g/mol. The predicted octanol–water partition coefficient (Wildman–Crippen LogP) is 7.29. The van der Waals surface area contributed by atoms with Crippen LogP contribution in [-0.2, 0) is 16.2 Å². The first-order valence-corrected chi connectivity index (χ1v) is 13.8. The van der Waals surface area contributed by atoms with Crippen molar-refractivity contribution in [3.63, 3.8) is 0 Å². The van der Waals surface area contributed by atoms with E-state index in [1.165, 1.54) is 0 Å². The van der Waals surface area contributed by atoms with E-state index < -0.39 is 5.92 Å². The highest BCUT2D eigenvalue weighted by atomic mass is 35.5. The Hall–Kier alpha value is -3.05. The minimum Gasteiger partial charge on any atom is -0.490 e. The van der Waals surface area contributed by atoms with E-state index in [-0.39, 0.29) is 22.4 Å². The minimum absolute atomic E-state index is 0.108. The molecular formula is C32H36ClNO4. The molecule has 5 rings (SSSR count). The second kappa shape index (κ2) is 9.92. The topological polar surface area (TPSA) is 64.6 Å². The van der Waals surface area contributed by atoms with Gasteiger partial charge in [0, 0.05) is 46.3 Å². The molecule has 6 heteroatoms. The molecule has 0 bridgehead atoms. The summed E-state index contributed by atoms with van der Waals surface area (Å²) in [6.07, 6.45) is 2.47. The lowest BCUT2D eigenvalue weighted by molar-refractivity contribution is -0.119. The summed E-state index contributed by atoms with van der Waals surface area (Å²) >= 11 is 6.14. The molecule has 0 saturated heterocycles. The van der Waals surface area contributed by atoms with E-state index in [1.807, 2.05) is 49.4 Å². The van der Waals surface area contributed by atoms with E-state index in [0.717, 1.165) is 46.5 Å². The highest BCUT2D eigenvalue weighted by molar-refractivity contribution is 6.30. The summed E-state index contributed by atoms with van der Waals surface area (Å²) in [5.74, 6) is 1.02. The highest BCUT2D eigenvalue weighted by Crippen LogP contribution is 2.51. The van der Waals surface area contributed by atoms with Crippen LogP contribution in [0, 0.1) is 10.8 Å². The molecule has 0 amide bonds. The van der Waals surface area contributed by atoms with Gasteiger partial charge in [-0.25, -0.2) is 0 Å². The lowest BCUT2D eigenvalue weighted by Crippen LogP contribution is -2.42. The third-order valence-corrected chi connectivity index (χ3v) is 7.84. The van der Waals surface area contributed by atoms with Crippen LogP contribution < -0.4 is 14.8 Å². The molecule has 2 aromatic carbocycles. The summed E-state index contributed by atoms with van der Waals surface area (Å²) in [5, 5.41) is 4.23. The molecule has 0 fully saturated rings. The number of Topliss-reactive ketones (excluding diaryl/α,β-unsaturated/α-hetero) is 2. The number of benzene rings is 2. The number of rotatable bonds is 6. The van der Waals surface area contributed by atoms with E-state index in [1.54, 1.807) is 0 Å². The van der Waals surface area contributed by atoms with Crippen molar-refractivity contribution in [1.82, 2.24) is 5.32 Å². The second-order valence-corrected chi connectivity index (χ2v) is 12.7. The Labute approximate surface area is 230 Å². The van der Waals surface area contributed by atoms with Crippen LogP contribution in [0.1, 0.15) is 77.3 Å². The Bertz CT molecular complexity index is 1320. The van der Waals surface area contributed by atoms with Gasteiger partial charge in [-0.15, -0.1) is 0 Å². The maximum Gasteiger partial charge on any atom is 0.162 e. The smallest absolute Gasteiger partial charge is 0.162 e. The number of carbonyl (C=O) groups excluding carboxylic acids is 2. The van der Waals surface area contributed by atoms with E-state index in [4.69, 9.17) is 21.1 Å². The lowest BCUT2D eigenvalue weighted by Gasteiger charge is -2.44. The summed E-state index contributed by atoms with van der Waals surface area (Å²) < 4.78 is 12.1. The molecule has 0 atom stereocenters. The molecule has 0 radical (unpaired) electrons. The van der Waals surface area contributed by atoms with Crippen LogP contribution >= 0.6 is 11.6 Å². The number of ether oxygens (including phenoxy) is 2. The average Bonchev–Trinajstić information content (AvgIpc) is 2.80. The van der Waals surface area contributed by atoms with Crippen molar-refractivity contribution >= 4 is 23.2 Å². The molecule has 200 valence electrons. The number of hydrogen-bond acceptors (Lipinski definition) is 5. The van der Waals surface area contributed by atoms with Crippen molar-refractivity contribution in [3.8, 4) is 11.5 Å². The number of ketones is 2. The molecule has 5 nitrogen and oxygen atoms in total. The van der Waals surface area contributed by atoms with Gasteiger partial charge in [-0.05, 0) is 66.0 Å². The van der Waals surface area contributed by atoms with Crippen LogP contribution in [0.4, 0.5) is 0 Å². The first-order valence-electron chi connectivity index (χ1n) is 13.4. The van der Waals surface area contributed by atoms with Gasteiger partial charge in [0.05, 0.1) is 6.61 Å². The number of carbonyl (C=O) groups is 2. The van der Waals surface area contributed by atoms with Gasteiger partial charge in [-0.2, -0.15) is 0 Å². The van der Waals surface area contributed by atoms with Crippen molar-refractivity contribution in [1.29, 1.82) is 0 Å². The van der Waals surface area contributed by atoms with Gasteiger partial charge in [-0.1, -0.05) is 57.5 Å². The summed E-state index contributed by atoms with van der Waals surface area (Å²) in [7, 11) is 0. The quantitative estimate of drug-likeness (QED) is 0.422. The number of allylic oxidation sites excluding steroid dienone is 4. The second-order valence-electron chi connectivity index (χ2n) is 12.3. The molecule has 0 saturated carbocycles. The number of hydrogen-bond donors (Lipinski definition) is 1. The molecule has 2 aliphatic carbocycles. The molecule has 0 unspecified atom stereocenters. The number of dihydropyridines is 1. The molecule has 1 heterocycles. The Morgan fingerprint density at radius 2 is 1.47 bits per heavy atom. The van der Waals surface area contributed by atoms with Crippen LogP contribution in [0.15, 0.2) is 65.0 Å². The minimum atomic E-state index is -0.408. The van der Waals surface area contributed by atoms with Gasteiger partial charge in [-0.3, -0.25) is 9.59 Å². The lowest BCUT2D eigenvalue weighted by atomic mass is 9.64. The molecule has 1 N–H and O–H groups in total. The number of halogens is 1. The normalized spacial score (nSPS) is 20.6. The van der Waals surface area contributed by atoms with E-state index in [2.05, 4.69) is 33.0 Å². The largest absolute Gasteiger partial charge is 0.490 e. The van der Waals surface area contributed by atoms with E-state index in [0.29, 0.717) is 42.6 Å². The van der Waals surface area contributed by atoms with Gasteiger partial charge in [0.25, 0.3) is 0 Å². The zero-order valence-corrected chi connectivity index (χ0v) is 23.6. The van der Waals surface area contributed by atoms with Gasteiger partial charge < -0.3 is 14.8 Å². The Balaban J connectivity index is 1.57. The summed E-state index contributed by atoms with van der Waals surface area (Å²) in [6, 6.07) is 13.4. The molecule has 2 aromatic rings. The van der Waals surface area contributed by atoms with Gasteiger partial charge in [0.15, 0.2) is 23.1 Å². The van der Waals surface area contributed by atoms with Crippen LogP contribution in [-0.4, -0.2) is 18.2 Å². The fourth-order valence-electron chi connectivity index (χ4n) is 6.10. The fourth-order valence-corrected chi connectivity index (χ4v) is 6.31. The van der Waals surface area contributed by atoms with E-state index in [9.17, 15) is 9.59 Å². The zero-order chi connectivity index (χ0) is 27.2. The third-order valence-electron chi connectivity index (χ3n) is 7.60. The standard InChI is InChI=1S/C32H36ClNO4/c1-6-37-27-13-20(10-11-26(27)38-18-19-8-7-9-21(33)12-19)28-29-22(14-31(2,3)16-24(29)35)34-23-15-32(4,5)17-25(36)30(23)28/h7-13,28,34H,6,14-18H2,1-5H3.